The molecule has 1 fully saturated rings. The van der Waals surface area contributed by atoms with Crippen LogP contribution in [0.3, 0.4) is 0 Å². The Morgan fingerprint density at radius 3 is 2.83 bits per heavy atom. The first-order valence-corrected chi connectivity index (χ1v) is 7.24. The Kier molecular flexibility index (Phi) is 8.01. The highest BCUT2D eigenvalue weighted by atomic mass is 16.5. The summed E-state index contributed by atoms with van der Waals surface area (Å²) in [5.41, 5.74) is 5.44. The lowest BCUT2D eigenvalue weighted by Gasteiger charge is -2.32. The topological polar surface area (TPSA) is 55.6 Å². The maximum absolute atomic E-state index is 12.0. The molecule has 1 unspecified atom stereocenters. The van der Waals surface area contributed by atoms with Gasteiger partial charge < -0.3 is 15.4 Å². The molecular weight excluding hydrogens is 228 g/mol. The van der Waals surface area contributed by atoms with E-state index in [1.165, 1.54) is 6.42 Å². The highest BCUT2D eigenvalue weighted by Gasteiger charge is 2.22. The Balaban J connectivity index is 2.16. The number of carbonyl (C=O) groups is 1. The van der Waals surface area contributed by atoms with Crippen molar-refractivity contribution >= 4 is 5.91 Å². The van der Waals surface area contributed by atoms with Crippen LogP contribution in [0.15, 0.2) is 0 Å². The van der Waals surface area contributed by atoms with Crippen LogP contribution in [-0.4, -0.2) is 44.2 Å². The van der Waals surface area contributed by atoms with Crippen molar-refractivity contribution in [1.29, 1.82) is 0 Å². The second-order valence-corrected chi connectivity index (χ2v) is 5.26. The van der Waals surface area contributed by atoms with Crippen molar-refractivity contribution in [2.45, 2.75) is 44.9 Å². The number of nitrogens with two attached hydrogens (primary N) is 1. The first-order chi connectivity index (χ1) is 8.77. The summed E-state index contributed by atoms with van der Waals surface area (Å²) in [6, 6.07) is 0. The Morgan fingerprint density at radius 1 is 1.33 bits per heavy atom. The molecular formula is C14H28N2O2. The highest BCUT2D eigenvalue weighted by molar-refractivity contribution is 5.76. The molecule has 0 radical (unpaired) electrons. The van der Waals surface area contributed by atoms with Crippen molar-refractivity contribution in [2.24, 2.45) is 11.7 Å². The van der Waals surface area contributed by atoms with E-state index >= 15 is 0 Å². The van der Waals surface area contributed by atoms with Gasteiger partial charge in [-0.15, -0.1) is 0 Å². The van der Waals surface area contributed by atoms with Crippen molar-refractivity contribution in [1.82, 2.24) is 4.90 Å². The molecule has 1 aliphatic rings. The molecule has 1 rings (SSSR count). The summed E-state index contributed by atoms with van der Waals surface area (Å²) in [7, 11) is 1.73. The van der Waals surface area contributed by atoms with Crippen LogP contribution < -0.4 is 5.73 Å². The number of unbranched alkanes of at least 4 members (excludes halogenated alkanes) is 3. The molecule has 0 aromatic carbocycles. The fraction of sp³-hybridized carbons (Fsp3) is 0.929. The van der Waals surface area contributed by atoms with Crippen LogP contribution >= 0.6 is 0 Å². The summed E-state index contributed by atoms with van der Waals surface area (Å²) >= 11 is 0. The summed E-state index contributed by atoms with van der Waals surface area (Å²) in [5, 5.41) is 0. The SMILES string of the molecule is COCC1CCCN(C(=O)CCCCCCN)C1. The summed E-state index contributed by atoms with van der Waals surface area (Å²) in [6.45, 7) is 3.36. The average Bonchev–Trinajstić information content (AvgIpc) is 2.39. The number of piperidine rings is 1. The third kappa shape index (κ3) is 5.83. The van der Waals surface area contributed by atoms with Crippen LogP contribution in [-0.2, 0) is 9.53 Å². The van der Waals surface area contributed by atoms with Crippen molar-refractivity contribution in [3.05, 3.63) is 0 Å². The van der Waals surface area contributed by atoms with Gasteiger partial charge in [0.05, 0.1) is 6.61 Å². The van der Waals surface area contributed by atoms with Gasteiger partial charge in [0.15, 0.2) is 0 Å². The predicted molar refractivity (Wildman–Crippen MR) is 73.3 cm³/mol. The maximum atomic E-state index is 12.0. The van der Waals surface area contributed by atoms with Gasteiger partial charge in [0, 0.05) is 26.6 Å². The minimum absolute atomic E-state index is 0.323. The van der Waals surface area contributed by atoms with E-state index in [-0.39, 0.29) is 0 Å². The van der Waals surface area contributed by atoms with Crippen LogP contribution in [0.25, 0.3) is 0 Å². The summed E-state index contributed by atoms with van der Waals surface area (Å²) in [5.74, 6) is 0.855. The van der Waals surface area contributed by atoms with Gasteiger partial charge in [-0.25, -0.2) is 0 Å². The van der Waals surface area contributed by atoms with E-state index in [0.29, 0.717) is 18.2 Å². The summed E-state index contributed by atoms with van der Waals surface area (Å²) in [4.78, 5) is 14.1. The molecule has 1 aliphatic heterocycles. The number of likely N-dealkylation sites (tertiary alicyclic amines) is 1. The number of hydrogen-bond donors (Lipinski definition) is 1. The van der Waals surface area contributed by atoms with Gasteiger partial charge in [0.1, 0.15) is 0 Å². The van der Waals surface area contributed by atoms with E-state index in [1.807, 2.05) is 4.90 Å². The van der Waals surface area contributed by atoms with Gasteiger partial charge in [0.25, 0.3) is 0 Å². The van der Waals surface area contributed by atoms with Crippen LogP contribution in [0.5, 0.6) is 0 Å². The van der Waals surface area contributed by atoms with Gasteiger partial charge in [-0.1, -0.05) is 12.8 Å². The quantitative estimate of drug-likeness (QED) is 0.674. The predicted octanol–water partition coefficient (Wildman–Crippen LogP) is 1.78. The molecule has 1 amide bonds. The number of ether oxygens (including phenoxy) is 1. The first kappa shape index (κ1) is 15.4. The minimum Gasteiger partial charge on any atom is -0.384 e. The van der Waals surface area contributed by atoms with E-state index in [4.69, 9.17) is 10.5 Å². The maximum Gasteiger partial charge on any atom is 0.222 e. The highest BCUT2D eigenvalue weighted by Crippen LogP contribution is 2.18. The van der Waals surface area contributed by atoms with Gasteiger partial charge in [0.2, 0.25) is 5.91 Å². The lowest BCUT2D eigenvalue weighted by molar-refractivity contribution is -0.133. The Hall–Kier alpha value is -0.610. The number of hydrogen-bond acceptors (Lipinski definition) is 3. The summed E-state index contributed by atoms with van der Waals surface area (Å²) < 4.78 is 5.19. The molecule has 18 heavy (non-hydrogen) atoms. The number of carbonyl (C=O) groups excluding carboxylic acids is 1. The molecule has 1 heterocycles. The van der Waals surface area contributed by atoms with E-state index in [0.717, 1.165) is 58.3 Å². The van der Waals surface area contributed by atoms with Crippen LogP contribution in [0.2, 0.25) is 0 Å². The monoisotopic (exact) mass is 256 g/mol. The van der Waals surface area contributed by atoms with Crippen LogP contribution in [0.1, 0.15) is 44.9 Å². The molecule has 0 spiro atoms. The minimum atomic E-state index is 0.323. The Labute approximate surface area is 111 Å². The van der Waals surface area contributed by atoms with Crippen LogP contribution in [0.4, 0.5) is 0 Å². The molecule has 0 aromatic heterocycles. The lowest BCUT2D eigenvalue weighted by atomic mass is 9.98. The first-order valence-electron chi connectivity index (χ1n) is 7.24. The Bertz CT molecular complexity index is 232. The van der Waals surface area contributed by atoms with Gasteiger partial charge in [-0.3, -0.25) is 4.79 Å². The fourth-order valence-electron chi connectivity index (χ4n) is 2.60. The molecule has 4 nitrogen and oxygen atoms in total. The normalized spacial score (nSPS) is 20.1. The summed E-state index contributed by atoms with van der Waals surface area (Å²) in [6.07, 6.45) is 7.36. The third-order valence-electron chi connectivity index (χ3n) is 3.62. The van der Waals surface area contributed by atoms with Gasteiger partial charge >= 0.3 is 0 Å². The van der Waals surface area contributed by atoms with Crippen molar-refractivity contribution in [2.75, 3.05) is 33.4 Å². The lowest BCUT2D eigenvalue weighted by Crippen LogP contribution is -2.41. The number of methoxy groups -OCH3 is 1. The second-order valence-electron chi connectivity index (χ2n) is 5.26. The zero-order valence-electron chi connectivity index (χ0n) is 11.7. The smallest absolute Gasteiger partial charge is 0.222 e. The molecule has 1 atom stereocenters. The molecule has 0 aliphatic carbocycles. The van der Waals surface area contributed by atoms with E-state index in [1.54, 1.807) is 7.11 Å². The number of rotatable bonds is 8. The Morgan fingerprint density at radius 2 is 2.11 bits per heavy atom. The van der Waals surface area contributed by atoms with E-state index < -0.39 is 0 Å². The van der Waals surface area contributed by atoms with Crippen LogP contribution in [0, 0.1) is 5.92 Å². The van der Waals surface area contributed by atoms with Crippen molar-refractivity contribution < 1.29 is 9.53 Å². The standard InChI is InChI=1S/C14H28N2O2/c1-18-12-13-7-6-10-16(11-13)14(17)8-4-2-3-5-9-15/h13H,2-12,15H2,1H3. The molecule has 4 heteroatoms. The van der Waals surface area contributed by atoms with E-state index in [2.05, 4.69) is 0 Å². The van der Waals surface area contributed by atoms with Gasteiger partial charge in [-0.05, 0) is 38.1 Å². The number of amides is 1. The van der Waals surface area contributed by atoms with Crippen molar-refractivity contribution in [3.63, 3.8) is 0 Å². The number of nitrogens with zero attached hydrogens (tertiary/aromatic N) is 1. The fourth-order valence-corrected chi connectivity index (χ4v) is 2.60. The molecule has 106 valence electrons. The van der Waals surface area contributed by atoms with E-state index in [9.17, 15) is 4.79 Å². The molecule has 0 bridgehead atoms. The molecule has 1 saturated heterocycles. The second kappa shape index (κ2) is 9.34. The molecule has 2 N–H and O–H groups in total. The van der Waals surface area contributed by atoms with Gasteiger partial charge in [-0.2, -0.15) is 0 Å². The zero-order chi connectivity index (χ0) is 13.2. The third-order valence-corrected chi connectivity index (χ3v) is 3.62. The molecule has 0 saturated carbocycles. The average molecular weight is 256 g/mol. The van der Waals surface area contributed by atoms with Crippen molar-refractivity contribution in [3.8, 4) is 0 Å². The molecule has 0 aromatic rings. The largest absolute Gasteiger partial charge is 0.384 e. The zero-order valence-corrected chi connectivity index (χ0v) is 11.7.